The largest absolute Gasteiger partial charge is 0.365 e. The molecule has 1 saturated carbocycles. The zero-order valence-electron chi connectivity index (χ0n) is 11.4. The monoisotopic (exact) mass is 245 g/mol. The van der Waals surface area contributed by atoms with Crippen LogP contribution in [0.15, 0.2) is 18.5 Å². The molecule has 0 unspecified atom stereocenters. The van der Waals surface area contributed by atoms with E-state index in [1.165, 1.54) is 36.9 Å². The van der Waals surface area contributed by atoms with Gasteiger partial charge in [-0.2, -0.15) is 0 Å². The van der Waals surface area contributed by atoms with E-state index in [1.807, 2.05) is 12.4 Å². The quantitative estimate of drug-likeness (QED) is 0.884. The fraction of sp³-hybridized carbons (Fsp3) is 0.667. The number of pyridine rings is 1. The van der Waals surface area contributed by atoms with Gasteiger partial charge >= 0.3 is 0 Å². The summed E-state index contributed by atoms with van der Waals surface area (Å²) in [4.78, 5) is 6.86. The van der Waals surface area contributed by atoms with Crippen LogP contribution in [0.25, 0.3) is 0 Å². The Morgan fingerprint density at radius 1 is 1.44 bits per heavy atom. The van der Waals surface area contributed by atoms with Gasteiger partial charge in [0, 0.05) is 30.9 Å². The van der Waals surface area contributed by atoms with Crippen molar-refractivity contribution < 1.29 is 0 Å². The molecule has 1 aliphatic carbocycles. The van der Waals surface area contributed by atoms with Crippen LogP contribution in [0.3, 0.4) is 0 Å². The van der Waals surface area contributed by atoms with Crippen molar-refractivity contribution in [1.29, 1.82) is 0 Å². The molecule has 98 valence electrons. The minimum absolute atomic E-state index is 0.275. The molecular formula is C15H23N3. The van der Waals surface area contributed by atoms with Crippen molar-refractivity contribution in [2.45, 2.75) is 57.7 Å². The first-order valence-corrected chi connectivity index (χ1v) is 7.11. The van der Waals surface area contributed by atoms with Crippen LogP contribution < -0.4 is 10.2 Å². The standard InChI is InChI=1S/C15H23N3/c1-15(2)7-3-9-18(15)14-11-16-8-6-12(14)10-17-13-4-5-13/h6,8,11,13,17H,3-5,7,9-10H2,1-2H3. The number of rotatable bonds is 4. The summed E-state index contributed by atoms with van der Waals surface area (Å²) in [6.45, 7) is 6.82. The Labute approximate surface area is 110 Å². The van der Waals surface area contributed by atoms with Crippen molar-refractivity contribution in [2.24, 2.45) is 0 Å². The SMILES string of the molecule is CC1(C)CCCN1c1cnccc1CNC1CC1. The molecule has 18 heavy (non-hydrogen) atoms. The van der Waals surface area contributed by atoms with Crippen LogP contribution in [-0.2, 0) is 6.54 Å². The molecule has 0 aromatic carbocycles. The number of anilines is 1. The van der Waals surface area contributed by atoms with Crippen LogP contribution in [0.4, 0.5) is 5.69 Å². The maximum atomic E-state index is 4.33. The molecule has 1 saturated heterocycles. The molecule has 0 amide bonds. The summed E-state index contributed by atoms with van der Waals surface area (Å²) in [6, 6.07) is 2.93. The normalized spacial score (nSPS) is 22.4. The zero-order chi connectivity index (χ0) is 12.6. The molecule has 0 bridgehead atoms. The molecule has 3 rings (SSSR count). The fourth-order valence-corrected chi connectivity index (χ4v) is 2.90. The average Bonchev–Trinajstić information content (AvgIpc) is 3.11. The number of hydrogen-bond acceptors (Lipinski definition) is 3. The molecule has 2 fully saturated rings. The summed E-state index contributed by atoms with van der Waals surface area (Å²) in [5.41, 5.74) is 3.00. The first kappa shape index (κ1) is 12.0. The van der Waals surface area contributed by atoms with E-state index in [2.05, 4.69) is 35.1 Å². The predicted molar refractivity (Wildman–Crippen MR) is 74.8 cm³/mol. The summed E-state index contributed by atoms with van der Waals surface area (Å²) in [6.07, 6.45) is 9.20. The molecule has 3 heteroatoms. The Morgan fingerprint density at radius 3 is 2.94 bits per heavy atom. The van der Waals surface area contributed by atoms with Gasteiger partial charge in [0.25, 0.3) is 0 Å². The number of nitrogens with zero attached hydrogens (tertiary/aromatic N) is 2. The highest BCUT2D eigenvalue weighted by Crippen LogP contribution is 2.35. The van der Waals surface area contributed by atoms with Crippen LogP contribution in [0.5, 0.6) is 0 Å². The lowest BCUT2D eigenvalue weighted by molar-refractivity contribution is 0.515. The van der Waals surface area contributed by atoms with Gasteiger partial charge in [-0.1, -0.05) is 0 Å². The van der Waals surface area contributed by atoms with Crippen molar-refractivity contribution in [3.05, 3.63) is 24.0 Å². The van der Waals surface area contributed by atoms with Gasteiger partial charge in [0.2, 0.25) is 0 Å². The first-order chi connectivity index (χ1) is 8.67. The second-order valence-corrected chi connectivity index (χ2v) is 6.23. The van der Waals surface area contributed by atoms with Gasteiger partial charge in [0.1, 0.15) is 0 Å². The van der Waals surface area contributed by atoms with Gasteiger partial charge < -0.3 is 10.2 Å². The fourth-order valence-electron chi connectivity index (χ4n) is 2.90. The Balaban J connectivity index is 1.81. The van der Waals surface area contributed by atoms with Crippen LogP contribution in [-0.4, -0.2) is 23.1 Å². The number of nitrogens with one attached hydrogen (secondary N) is 1. The van der Waals surface area contributed by atoms with Gasteiger partial charge in [-0.3, -0.25) is 4.98 Å². The maximum Gasteiger partial charge on any atom is 0.0602 e. The first-order valence-electron chi connectivity index (χ1n) is 7.11. The molecule has 0 radical (unpaired) electrons. The Hall–Kier alpha value is -1.09. The highest BCUT2D eigenvalue weighted by molar-refractivity contribution is 5.54. The van der Waals surface area contributed by atoms with E-state index >= 15 is 0 Å². The minimum Gasteiger partial charge on any atom is -0.365 e. The lowest BCUT2D eigenvalue weighted by Crippen LogP contribution is -2.39. The van der Waals surface area contributed by atoms with Crippen molar-refractivity contribution in [3.8, 4) is 0 Å². The highest BCUT2D eigenvalue weighted by Gasteiger charge is 2.33. The van der Waals surface area contributed by atoms with E-state index in [4.69, 9.17) is 0 Å². The van der Waals surface area contributed by atoms with Crippen molar-refractivity contribution >= 4 is 5.69 Å². The van der Waals surface area contributed by atoms with E-state index in [1.54, 1.807) is 0 Å². The topological polar surface area (TPSA) is 28.2 Å². The van der Waals surface area contributed by atoms with Gasteiger partial charge in [-0.25, -0.2) is 0 Å². The Kier molecular flexibility index (Phi) is 3.02. The minimum atomic E-state index is 0.275. The molecule has 1 aromatic rings. The Morgan fingerprint density at radius 2 is 2.28 bits per heavy atom. The maximum absolute atomic E-state index is 4.33. The summed E-state index contributed by atoms with van der Waals surface area (Å²) < 4.78 is 0. The van der Waals surface area contributed by atoms with Crippen molar-refractivity contribution in [3.63, 3.8) is 0 Å². The third-order valence-corrected chi connectivity index (χ3v) is 4.24. The van der Waals surface area contributed by atoms with Crippen LogP contribution in [0, 0.1) is 0 Å². The number of hydrogen-bond donors (Lipinski definition) is 1. The van der Waals surface area contributed by atoms with Gasteiger partial charge in [-0.15, -0.1) is 0 Å². The van der Waals surface area contributed by atoms with Gasteiger partial charge in [0.15, 0.2) is 0 Å². The van der Waals surface area contributed by atoms with Crippen LogP contribution in [0.1, 0.15) is 45.1 Å². The van der Waals surface area contributed by atoms with E-state index < -0.39 is 0 Å². The van der Waals surface area contributed by atoms with Crippen molar-refractivity contribution in [1.82, 2.24) is 10.3 Å². The molecule has 3 nitrogen and oxygen atoms in total. The van der Waals surface area contributed by atoms with E-state index in [0.29, 0.717) is 0 Å². The second-order valence-electron chi connectivity index (χ2n) is 6.23. The van der Waals surface area contributed by atoms with Crippen molar-refractivity contribution in [2.75, 3.05) is 11.4 Å². The van der Waals surface area contributed by atoms with E-state index in [-0.39, 0.29) is 5.54 Å². The number of aromatic nitrogens is 1. The molecule has 0 atom stereocenters. The molecule has 2 heterocycles. The van der Waals surface area contributed by atoms with Gasteiger partial charge in [0.05, 0.1) is 11.9 Å². The van der Waals surface area contributed by atoms with Crippen LogP contribution in [0.2, 0.25) is 0 Å². The summed E-state index contributed by atoms with van der Waals surface area (Å²) in [5, 5.41) is 3.61. The van der Waals surface area contributed by atoms with E-state index in [9.17, 15) is 0 Å². The summed E-state index contributed by atoms with van der Waals surface area (Å²) in [7, 11) is 0. The molecule has 1 aliphatic heterocycles. The van der Waals surface area contributed by atoms with Crippen LogP contribution >= 0.6 is 0 Å². The molecule has 2 aliphatic rings. The smallest absolute Gasteiger partial charge is 0.0602 e. The molecular weight excluding hydrogens is 222 g/mol. The second kappa shape index (κ2) is 4.54. The molecule has 1 aromatic heterocycles. The average molecular weight is 245 g/mol. The third kappa shape index (κ3) is 2.37. The van der Waals surface area contributed by atoms with Gasteiger partial charge in [-0.05, 0) is 51.2 Å². The third-order valence-electron chi connectivity index (χ3n) is 4.24. The Bertz CT molecular complexity index is 424. The summed E-state index contributed by atoms with van der Waals surface area (Å²) >= 11 is 0. The predicted octanol–water partition coefficient (Wildman–Crippen LogP) is 2.71. The lowest BCUT2D eigenvalue weighted by Gasteiger charge is -2.34. The molecule has 1 N–H and O–H groups in total. The lowest BCUT2D eigenvalue weighted by atomic mass is 10.0. The highest BCUT2D eigenvalue weighted by atomic mass is 15.2. The summed E-state index contributed by atoms with van der Waals surface area (Å²) in [5.74, 6) is 0. The van der Waals surface area contributed by atoms with E-state index in [0.717, 1.165) is 19.1 Å². The zero-order valence-corrected chi connectivity index (χ0v) is 11.4. The molecule has 0 spiro atoms.